The number of nitrogens with one attached hydrogen (secondary N) is 1. The number of pyridine rings is 1. The largest absolute Gasteiger partial charge is 0.322 e. The fraction of sp³-hybridized carbons (Fsp3) is 0.250. The van der Waals surface area contributed by atoms with Gasteiger partial charge in [-0.05, 0) is 30.4 Å². The van der Waals surface area contributed by atoms with Crippen LogP contribution in [-0.4, -0.2) is 11.7 Å². The molecule has 0 radical (unpaired) electrons. The molecule has 0 spiro atoms. The molecular weight excluding hydrogens is 193 g/mol. The normalized spacial score (nSPS) is 10.7. The minimum absolute atomic E-state index is 0.109. The van der Waals surface area contributed by atoms with Crippen LogP contribution in [0.2, 0.25) is 0 Å². The number of hydrogen-bond acceptors (Lipinski definition) is 1. The van der Waals surface area contributed by atoms with Gasteiger partial charge >= 0.3 is 0 Å². The standard InChI is InChI=1S/C12H12FNO/c13-7-3-5-10-8-9-4-1-2-6-11(9)14-12(10)15/h1-2,4,6,8H,3,5,7H2,(H,14,15). The van der Waals surface area contributed by atoms with Crippen molar-refractivity contribution in [3.63, 3.8) is 0 Å². The van der Waals surface area contributed by atoms with E-state index in [0.29, 0.717) is 18.4 Å². The summed E-state index contributed by atoms with van der Waals surface area (Å²) in [4.78, 5) is 14.4. The summed E-state index contributed by atoms with van der Waals surface area (Å²) in [6.07, 6.45) is 0.901. The number of aryl methyl sites for hydroxylation is 1. The Balaban J connectivity index is 2.48. The highest BCUT2D eigenvalue weighted by atomic mass is 19.1. The molecule has 2 rings (SSSR count). The number of aromatic amines is 1. The van der Waals surface area contributed by atoms with E-state index in [4.69, 9.17) is 0 Å². The Kier molecular flexibility index (Phi) is 2.81. The van der Waals surface area contributed by atoms with E-state index in [-0.39, 0.29) is 12.2 Å². The van der Waals surface area contributed by atoms with E-state index in [2.05, 4.69) is 4.98 Å². The lowest BCUT2D eigenvalue weighted by Crippen LogP contribution is -2.12. The molecular formula is C12H12FNO. The average Bonchev–Trinajstić information content (AvgIpc) is 2.26. The van der Waals surface area contributed by atoms with Gasteiger partial charge in [-0.2, -0.15) is 0 Å². The summed E-state index contributed by atoms with van der Waals surface area (Å²) in [6.45, 7) is -0.383. The molecule has 78 valence electrons. The predicted molar refractivity (Wildman–Crippen MR) is 58.9 cm³/mol. The Morgan fingerprint density at radius 2 is 2.07 bits per heavy atom. The molecule has 0 unspecified atom stereocenters. The van der Waals surface area contributed by atoms with Crippen LogP contribution < -0.4 is 5.56 Å². The smallest absolute Gasteiger partial charge is 0.251 e. The summed E-state index contributed by atoms with van der Waals surface area (Å²) in [5, 5.41) is 0.992. The number of fused-ring (bicyclic) bond motifs is 1. The molecule has 0 amide bonds. The third-order valence-corrected chi connectivity index (χ3v) is 2.41. The van der Waals surface area contributed by atoms with Gasteiger partial charge in [-0.1, -0.05) is 18.2 Å². The molecule has 1 aromatic carbocycles. The van der Waals surface area contributed by atoms with Crippen LogP contribution in [0.5, 0.6) is 0 Å². The summed E-state index contributed by atoms with van der Waals surface area (Å²) < 4.78 is 12.0. The maximum absolute atomic E-state index is 12.0. The lowest BCUT2D eigenvalue weighted by Gasteiger charge is -2.01. The fourth-order valence-electron chi connectivity index (χ4n) is 1.64. The number of aromatic nitrogens is 1. The molecule has 15 heavy (non-hydrogen) atoms. The first-order valence-electron chi connectivity index (χ1n) is 4.98. The van der Waals surface area contributed by atoms with Gasteiger partial charge in [0.2, 0.25) is 0 Å². The zero-order valence-electron chi connectivity index (χ0n) is 8.29. The highest BCUT2D eigenvalue weighted by Crippen LogP contribution is 2.10. The molecule has 2 nitrogen and oxygen atoms in total. The highest BCUT2D eigenvalue weighted by molar-refractivity contribution is 5.78. The zero-order valence-corrected chi connectivity index (χ0v) is 8.29. The lowest BCUT2D eigenvalue weighted by atomic mass is 10.1. The first-order chi connectivity index (χ1) is 7.31. The van der Waals surface area contributed by atoms with Crippen LogP contribution in [0.4, 0.5) is 4.39 Å². The van der Waals surface area contributed by atoms with Gasteiger partial charge in [0.25, 0.3) is 5.56 Å². The molecule has 0 atom stereocenters. The van der Waals surface area contributed by atoms with Gasteiger partial charge in [0.05, 0.1) is 6.67 Å². The van der Waals surface area contributed by atoms with Crippen molar-refractivity contribution < 1.29 is 4.39 Å². The number of rotatable bonds is 3. The van der Waals surface area contributed by atoms with E-state index in [0.717, 1.165) is 10.9 Å². The number of para-hydroxylation sites is 1. The van der Waals surface area contributed by atoms with Crippen molar-refractivity contribution in [2.75, 3.05) is 6.67 Å². The van der Waals surface area contributed by atoms with E-state index in [1.807, 2.05) is 30.3 Å². The summed E-state index contributed by atoms with van der Waals surface area (Å²) in [6, 6.07) is 9.42. The van der Waals surface area contributed by atoms with Gasteiger partial charge in [0, 0.05) is 11.1 Å². The zero-order chi connectivity index (χ0) is 10.7. The Bertz CT molecular complexity index is 518. The minimum atomic E-state index is -0.383. The maximum atomic E-state index is 12.0. The second kappa shape index (κ2) is 4.26. The molecule has 0 saturated carbocycles. The van der Waals surface area contributed by atoms with E-state index < -0.39 is 0 Å². The molecule has 0 fully saturated rings. The molecule has 0 aliphatic rings. The molecule has 1 aromatic heterocycles. The molecule has 3 heteroatoms. The van der Waals surface area contributed by atoms with E-state index >= 15 is 0 Å². The molecule has 2 aromatic rings. The van der Waals surface area contributed by atoms with Crippen LogP contribution >= 0.6 is 0 Å². The van der Waals surface area contributed by atoms with Gasteiger partial charge < -0.3 is 4.98 Å². The molecule has 0 bridgehead atoms. The van der Waals surface area contributed by atoms with Crippen LogP contribution in [0.3, 0.4) is 0 Å². The van der Waals surface area contributed by atoms with Gasteiger partial charge in [0.15, 0.2) is 0 Å². The van der Waals surface area contributed by atoms with Gasteiger partial charge in [0.1, 0.15) is 0 Å². The quantitative estimate of drug-likeness (QED) is 0.820. The van der Waals surface area contributed by atoms with E-state index in [9.17, 15) is 9.18 Å². The second-order valence-corrected chi connectivity index (χ2v) is 3.50. The van der Waals surface area contributed by atoms with E-state index in [1.165, 1.54) is 0 Å². The maximum Gasteiger partial charge on any atom is 0.251 e. The highest BCUT2D eigenvalue weighted by Gasteiger charge is 2.01. The third-order valence-electron chi connectivity index (χ3n) is 2.41. The Labute approximate surface area is 86.8 Å². The number of hydrogen-bond donors (Lipinski definition) is 1. The number of halogens is 1. The van der Waals surface area contributed by atoms with Crippen LogP contribution in [0.1, 0.15) is 12.0 Å². The monoisotopic (exact) mass is 205 g/mol. The van der Waals surface area contributed by atoms with Crippen LogP contribution in [-0.2, 0) is 6.42 Å². The first-order valence-corrected chi connectivity index (χ1v) is 4.98. The van der Waals surface area contributed by atoms with Crippen LogP contribution in [0.15, 0.2) is 35.1 Å². The van der Waals surface area contributed by atoms with Crippen molar-refractivity contribution in [3.8, 4) is 0 Å². The Hall–Kier alpha value is -1.64. The average molecular weight is 205 g/mol. The summed E-state index contributed by atoms with van der Waals surface area (Å²) >= 11 is 0. The second-order valence-electron chi connectivity index (χ2n) is 3.50. The fourth-order valence-corrected chi connectivity index (χ4v) is 1.64. The van der Waals surface area contributed by atoms with Crippen molar-refractivity contribution in [1.82, 2.24) is 4.98 Å². The van der Waals surface area contributed by atoms with Crippen molar-refractivity contribution in [2.45, 2.75) is 12.8 Å². The van der Waals surface area contributed by atoms with Crippen molar-refractivity contribution in [1.29, 1.82) is 0 Å². The lowest BCUT2D eigenvalue weighted by molar-refractivity contribution is 0.472. The van der Waals surface area contributed by atoms with Crippen LogP contribution in [0, 0.1) is 0 Å². The Morgan fingerprint density at radius 3 is 2.87 bits per heavy atom. The molecule has 1 N–H and O–H groups in total. The summed E-state index contributed by atoms with van der Waals surface area (Å²) in [5.41, 5.74) is 1.37. The molecule has 0 saturated heterocycles. The summed E-state index contributed by atoms with van der Waals surface area (Å²) in [5.74, 6) is 0. The molecule has 0 aliphatic carbocycles. The van der Waals surface area contributed by atoms with Crippen LogP contribution in [0.25, 0.3) is 10.9 Å². The number of alkyl halides is 1. The number of benzene rings is 1. The SMILES string of the molecule is O=c1[nH]c2ccccc2cc1CCCF. The van der Waals surface area contributed by atoms with Crippen molar-refractivity contribution in [3.05, 3.63) is 46.2 Å². The van der Waals surface area contributed by atoms with Crippen molar-refractivity contribution in [2.24, 2.45) is 0 Å². The first kappa shape index (κ1) is 9.90. The molecule has 0 aliphatic heterocycles. The molecule has 1 heterocycles. The van der Waals surface area contributed by atoms with Crippen molar-refractivity contribution >= 4 is 10.9 Å². The summed E-state index contributed by atoms with van der Waals surface area (Å²) in [7, 11) is 0. The predicted octanol–water partition coefficient (Wildman–Crippen LogP) is 2.43. The Morgan fingerprint density at radius 1 is 1.27 bits per heavy atom. The topological polar surface area (TPSA) is 32.9 Å². The van der Waals surface area contributed by atoms with Gasteiger partial charge in [-0.3, -0.25) is 9.18 Å². The van der Waals surface area contributed by atoms with Gasteiger partial charge in [-0.25, -0.2) is 0 Å². The minimum Gasteiger partial charge on any atom is -0.322 e. The third kappa shape index (κ3) is 2.06. The van der Waals surface area contributed by atoms with Gasteiger partial charge in [-0.15, -0.1) is 0 Å². The van der Waals surface area contributed by atoms with E-state index in [1.54, 1.807) is 0 Å². The number of H-pyrrole nitrogens is 1.